The largest absolute Gasteiger partial charge is 0.481 e. The lowest BCUT2D eigenvalue weighted by molar-refractivity contribution is -0.139. The Morgan fingerprint density at radius 1 is 1.29 bits per heavy atom. The molecule has 1 unspecified atom stereocenters. The first-order chi connectivity index (χ1) is 11.6. The number of carbonyl (C=O) groups excluding carboxylic acids is 1. The molecule has 1 saturated heterocycles. The summed E-state index contributed by atoms with van der Waals surface area (Å²) in [7, 11) is 0. The monoisotopic (exact) mass is 344 g/mol. The third kappa shape index (κ3) is 4.20. The number of rotatable bonds is 6. The standard InChI is InChI=1S/C18H20N2O3S/c21-17(20-8-4-7-15(20)11-18(22)23)10-14-12-24-16(19-14)9-13-5-2-1-3-6-13/h1-3,5-6,12,15H,4,7-11H2,(H,22,23). The molecule has 3 rings (SSSR count). The lowest BCUT2D eigenvalue weighted by Gasteiger charge is -2.23. The Morgan fingerprint density at radius 2 is 2.08 bits per heavy atom. The molecule has 6 heteroatoms. The molecule has 1 N–H and O–H groups in total. The van der Waals surface area contributed by atoms with Gasteiger partial charge >= 0.3 is 5.97 Å². The van der Waals surface area contributed by atoms with Crippen molar-refractivity contribution in [2.75, 3.05) is 6.54 Å². The summed E-state index contributed by atoms with van der Waals surface area (Å²) in [6.45, 7) is 0.651. The van der Waals surface area contributed by atoms with E-state index in [9.17, 15) is 9.59 Å². The van der Waals surface area contributed by atoms with Crippen molar-refractivity contribution in [1.82, 2.24) is 9.88 Å². The van der Waals surface area contributed by atoms with Crippen molar-refractivity contribution in [3.8, 4) is 0 Å². The van der Waals surface area contributed by atoms with Gasteiger partial charge in [0.05, 0.1) is 23.5 Å². The number of nitrogens with zero attached hydrogens (tertiary/aromatic N) is 2. The molecule has 5 nitrogen and oxygen atoms in total. The maximum atomic E-state index is 12.5. The van der Waals surface area contributed by atoms with E-state index in [0.717, 1.165) is 30.0 Å². The summed E-state index contributed by atoms with van der Waals surface area (Å²) >= 11 is 1.56. The van der Waals surface area contributed by atoms with E-state index >= 15 is 0 Å². The van der Waals surface area contributed by atoms with Crippen molar-refractivity contribution in [1.29, 1.82) is 0 Å². The van der Waals surface area contributed by atoms with Gasteiger partial charge in [0.2, 0.25) is 5.91 Å². The predicted molar refractivity (Wildman–Crippen MR) is 92.1 cm³/mol. The van der Waals surface area contributed by atoms with Gasteiger partial charge in [0.25, 0.3) is 0 Å². The van der Waals surface area contributed by atoms with Gasteiger partial charge in [-0.2, -0.15) is 0 Å². The summed E-state index contributed by atoms with van der Waals surface area (Å²) in [5.74, 6) is -0.867. The predicted octanol–water partition coefficient (Wildman–Crippen LogP) is 2.74. The molecule has 0 aliphatic carbocycles. The maximum absolute atomic E-state index is 12.5. The van der Waals surface area contributed by atoms with Crippen molar-refractivity contribution in [3.63, 3.8) is 0 Å². The van der Waals surface area contributed by atoms with Crippen molar-refractivity contribution >= 4 is 23.2 Å². The number of hydrogen-bond acceptors (Lipinski definition) is 4. The molecule has 1 aromatic heterocycles. The normalized spacial score (nSPS) is 17.2. The molecule has 0 bridgehead atoms. The molecule has 126 valence electrons. The average molecular weight is 344 g/mol. The minimum atomic E-state index is -0.849. The number of carbonyl (C=O) groups is 2. The van der Waals surface area contributed by atoms with Crippen LogP contribution >= 0.6 is 11.3 Å². The number of likely N-dealkylation sites (tertiary alicyclic amines) is 1. The molecular formula is C18H20N2O3S. The van der Waals surface area contributed by atoms with E-state index < -0.39 is 5.97 Å². The minimum Gasteiger partial charge on any atom is -0.481 e. The first kappa shape index (κ1) is 16.6. The maximum Gasteiger partial charge on any atom is 0.305 e. The van der Waals surface area contributed by atoms with Crippen LogP contribution in [0, 0.1) is 0 Å². The van der Waals surface area contributed by atoms with Gasteiger partial charge in [-0.05, 0) is 18.4 Å². The van der Waals surface area contributed by atoms with E-state index in [4.69, 9.17) is 5.11 Å². The molecule has 1 atom stereocenters. The molecule has 1 aromatic carbocycles. The van der Waals surface area contributed by atoms with E-state index in [1.165, 1.54) is 5.56 Å². The van der Waals surface area contributed by atoms with E-state index in [1.54, 1.807) is 16.2 Å². The summed E-state index contributed by atoms with van der Waals surface area (Å²) in [5, 5.41) is 11.9. The second-order valence-corrected chi connectivity index (χ2v) is 7.00. The van der Waals surface area contributed by atoms with Crippen LogP contribution in [0.2, 0.25) is 0 Å². The van der Waals surface area contributed by atoms with E-state index in [0.29, 0.717) is 6.54 Å². The van der Waals surface area contributed by atoms with Gasteiger partial charge in [0.1, 0.15) is 0 Å². The zero-order valence-electron chi connectivity index (χ0n) is 13.4. The van der Waals surface area contributed by atoms with Gasteiger partial charge in [0.15, 0.2) is 0 Å². The highest BCUT2D eigenvalue weighted by Gasteiger charge is 2.30. The third-order valence-electron chi connectivity index (χ3n) is 4.24. The van der Waals surface area contributed by atoms with E-state index in [2.05, 4.69) is 17.1 Å². The Balaban J connectivity index is 1.60. The highest BCUT2D eigenvalue weighted by atomic mass is 32.1. The Morgan fingerprint density at radius 3 is 2.83 bits per heavy atom. The quantitative estimate of drug-likeness (QED) is 0.875. The zero-order chi connectivity index (χ0) is 16.9. The SMILES string of the molecule is O=C(O)CC1CCCN1C(=O)Cc1csc(Cc2ccccc2)n1. The van der Waals surface area contributed by atoms with Crippen LogP contribution in [0.1, 0.15) is 35.5 Å². The number of carboxylic acid groups (broad SMARTS) is 1. The number of aromatic nitrogens is 1. The van der Waals surface area contributed by atoms with Crippen molar-refractivity contribution < 1.29 is 14.7 Å². The fourth-order valence-corrected chi connectivity index (χ4v) is 3.94. The summed E-state index contributed by atoms with van der Waals surface area (Å²) in [4.78, 5) is 29.7. The van der Waals surface area contributed by atoms with Gasteiger partial charge in [-0.3, -0.25) is 9.59 Å². The van der Waals surface area contributed by atoms with Crippen LogP contribution < -0.4 is 0 Å². The van der Waals surface area contributed by atoms with Gasteiger partial charge in [-0.1, -0.05) is 30.3 Å². The van der Waals surface area contributed by atoms with Crippen LogP contribution in [-0.2, 0) is 22.4 Å². The smallest absolute Gasteiger partial charge is 0.305 e. The first-order valence-corrected chi connectivity index (χ1v) is 8.98. The number of amides is 1. The third-order valence-corrected chi connectivity index (χ3v) is 5.14. The lowest BCUT2D eigenvalue weighted by Crippen LogP contribution is -2.37. The molecule has 1 aliphatic heterocycles. The number of hydrogen-bond donors (Lipinski definition) is 1. The lowest BCUT2D eigenvalue weighted by atomic mass is 10.1. The summed E-state index contributed by atoms with van der Waals surface area (Å²) in [5.41, 5.74) is 1.97. The van der Waals surface area contributed by atoms with Gasteiger partial charge < -0.3 is 10.0 Å². The van der Waals surface area contributed by atoms with Gasteiger partial charge in [-0.25, -0.2) is 4.98 Å². The average Bonchev–Trinajstić information content (AvgIpc) is 3.17. The fraction of sp³-hybridized carbons (Fsp3) is 0.389. The van der Waals surface area contributed by atoms with Crippen molar-refractivity contribution in [2.45, 2.75) is 38.1 Å². The molecular weight excluding hydrogens is 324 g/mol. The summed E-state index contributed by atoms with van der Waals surface area (Å²) in [6, 6.07) is 9.95. The Hall–Kier alpha value is -2.21. The van der Waals surface area contributed by atoms with Crippen LogP contribution in [0.15, 0.2) is 35.7 Å². The van der Waals surface area contributed by atoms with Gasteiger partial charge in [-0.15, -0.1) is 11.3 Å². The van der Waals surface area contributed by atoms with Crippen LogP contribution in [0.3, 0.4) is 0 Å². The van der Waals surface area contributed by atoms with Crippen LogP contribution in [0.5, 0.6) is 0 Å². The molecule has 2 aromatic rings. The number of carboxylic acids is 1. The molecule has 1 fully saturated rings. The molecule has 2 heterocycles. The molecule has 24 heavy (non-hydrogen) atoms. The summed E-state index contributed by atoms with van der Waals surface area (Å²) in [6.07, 6.45) is 2.70. The van der Waals surface area contributed by atoms with Crippen molar-refractivity contribution in [2.24, 2.45) is 0 Å². The Bertz CT molecular complexity index is 714. The first-order valence-electron chi connectivity index (χ1n) is 8.10. The molecule has 1 amide bonds. The summed E-state index contributed by atoms with van der Waals surface area (Å²) < 4.78 is 0. The van der Waals surface area contributed by atoms with Crippen LogP contribution in [0.4, 0.5) is 0 Å². The Kier molecular flexibility index (Phi) is 5.25. The van der Waals surface area contributed by atoms with E-state index in [1.807, 2.05) is 23.6 Å². The van der Waals surface area contributed by atoms with Crippen molar-refractivity contribution in [3.05, 3.63) is 52.0 Å². The molecule has 0 radical (unpaired) electrons. The van der Waals surface area contributed by atoms with Crippen LogP contribution in [0.25, 0.3) is 0 Å². The topological polar surface area (TPSA) is 70.5 Å². The molecule has 0 saturated carbocycles. The number of aliphatic carboxylic acids is 1. The fourth-order valence-electron chi connectivity index (χ4n) is 3.12. The highest BCUT2D eigenvalue weighted by molar-refractivity contribution is 7.09. The second kappa shape index (κ2) is 7.57. The Labute approximate surface area is 145 Å². The second-order valence-electron chi connectivity index (χ2n) is 6.05. The van der Waals surface area contributed by atoms with Gasteiger partial charge in [0, 0.05) is 24.4 Å². The molecule has 1 aliphatic rings. The van der Waals surface area contributed by atoms with E-state index in [-0.39, 0.29) is 24.8 Å². The number of benzene rings is 1. The highest BCUT2D eigenvalue weighted by Crippen LogP contribution is 2.22. The minimum absolute atomic E-state index is 0.0182. The number of thiazole rings is 1. The van der Waals surface area contributed by atoms with Crippen LogP contribution in [-0.4, -0.2) is 39.5 Å². The molecule has 0 spiro atoms. The zero-order valence-corrected chi connectivity index (χ0v) is 14.2.